The number of likely N-dealkylation sites (N-methyl/N-ethyl adjacent to an activating group) is 1. The summed E-state index contributed by atoms with van der Waals surface area (Å²) in [5.41, 5.74) is 0. The lowest BCUT2D eigenvalue weighted by Crippen LogP contribution is -2.60. The Hall–Kier alpha value is -0.270. The quantitative estimate of drug-likeness (QED) is 0.409. The lowest BCUT2D eigenvalue weighted by molar-refractivity contribution is -0.218. The van der Waals surface area contributed by atoms with E-state index in [0.717, 1.165) is 0 Å². The van der Waals surface area contributed by atoms with E-state index >= 15 is 0 Å². The second kappa shape index (κ2) is 4.30. The molecule has 5 nitrogen and oxygen atoms in total. The van der Waals surface area contributed by atoms with E-state index in [1.165, 1.54) is 7.05 Å². The smallest absolute Gasteiger partial charge is 0.157 e. The van der Waals surface area contributed by atoms with Crippen molar-refractivity contribution in [2.75, 3.05) is 13.7 Å². The van der Waals surface area contributed by atoms with Crippen molar-refractivity contribution >= 4 is 0 Å². The van der Waals surface area contributed by atoms with Crippen LogP contribution in [0.2, 0.25) is 0 Å². The van der Waals surface area contributed by atoms with Crippen LogP contribution in [0.5, 0.6) is 0 Å². The van der Waals surface area contributed by atoms with Gasteiger partial charge in [-0.05, 0) is 7.05 Å². The second-order valence-electron chi connectivity index (χ2n) is 2.99. The molecule has 1 aliphatic rings. The molecule has 0 spiro atoms. The lowest BCUT2D eigenvalue weighted by Gasteiger charge is -2.38. The molecule has 78 valence electrons. The van der Waals surface area contributed by atoms with Crippen LogP contribution in [0.3, 0.4) is 0 Å². The van der Waals surface area contributed by atoms with Crippen molar-refractivity contribution in [3.05, 3.63) is 0 Å². The van der Waals surface area contributed by atoms with Crippen LogP contribution in [-0.2, 0) is 4.74 Å². The van der Waals surface area contributed by atoms with Crippen LogP contribution in [0, 0.1) is 0 Å². The summed E-state index contributed by atoms with van der Waals surface area (Å²) in [7, 11) is 1.51. The fraction of sp³-hybridized carbons (Fsp3) is 1.00. The predicted molar refractivity (Wildman–Crippen MR) is 41.7 cm³/mol. The van der Waals surface area contributed by atoms with Crippen LogP contribution in [0.15, 0.2) is 0 Å². The van der Waals surface area contributed by atoms with E-state index in [2.05, 4.69) is 5.32 Å². The molecule has 5 unspecified atom stereocenters. The van der Waals surface area contributed by atoms with Gasteiger partial charge in [-0.3, -0.25) is 5.32 Å². The first-order chi connectivity index (χ1) is 6.11. The molecule has 0 aromatic carbocycles. The molecule has 1 saturated heterocycles. The molecule has 0 amide bonds. The van der Waals surface area contributed by atoms with Gasteiger partial charge < -0.3 is 20.1 Å². The Bertz CT molecular complexity index is 151. The van der Waals surface area contributed by atoms with Crippen LogP contribution in [0.4, 0.5) is 4.39 Å². The maximum absolute atomic E-state index is 13.1. The molecule has 5 atom stereocenters. The molecule has 1 fully saturated rings. The van der Waals surface area contributed by atoms with Gasteiger partial charge in [-0.15, -0.1) is 0 Å². The zero-order chi connectivity index (χ0) is 10.0. The monoisotopic (exact) mass is 195 g/mol. The first kappa shape index (κ1) is 10.8. The SMILES string of the molecule is CNC1OC(CO)C(F)C(O)C1O. The van der Waals surface area contributed by atoms with Crippen molar-refractivity contribution in [3.63, 3.8) is 0 Å². The van der Waals surface area contributed by atoms with Gasteiger partial charge in [0, 0.05) is 0 Å². The Morgan fingerprint density at radius 1 is 1.38 bits per heavy atom. The molecule has 0 aromatic rings. The molecule has 1 heterocycles. The third-order valence-electron chi connectivity index (χ3n) is 2.13. The van der Waals surface area contributed by atoms with Gasteiger partial charge >= 0.3 is 0 Å². The summed E-state index contributed by atoms with van der Waals surface area (Å²) in [6.07, 6.45) is -6.54. The second-order valence-corrected chi connectivity index (χ2v) is 2.99. The lowest BCUT2D eigenvalue weighted by atomic mass is 10.00. The molecule has 0 radical (unpaired) electrons. The molecule has 4 N–H and O–H groups in total. The third-order valence-corrected chi connectivity index (χ3v) is 2.13. The minimum Gasteiger partial charge on any atom is -0.394 e. The normalized spacial score (nSPS) is 46.4. The van der Waals surface area contributed by atoms with Gasteiger partial charge in [0.2, 0.25) is 0 Å². The number of hydrogen-bond acceptors (Lipinski definition) is 5. The number of ether oxygens (including phenoxy) is 1. The van der Waals surface area contributed by atoms with Crippen molar-refractivity contribution in [1.82, 2.24) is 5.32 Å². The van der Waals surface area contributed by atoms with E-state index in [-0.39, 0.29) is 0 Å². The minimum atomic E-state index is -1.76. The standard InChI is InChI=1S/C7H14FNO4/c1-9-7-6(12)5(11)4(8)3(2-10)13-7/h3-7,9-12H,2H2,1H3. The summed E-state index contributed by atoms with van der Waals surface area (Å²) in [6, 6.07) is 0. The number of nitrogens with one attached hydrogen (secondary N) is 1. The summed E-state index contributed by atoms with van der Waals surface area (Å²) >= 11 is 0. The highest BCUT2D eigenvalue weighted by Gasteiger charge is 2.43. The Morgan fingerprint density at radius 2 is 2.00 bits per heavy atom. The van der Waals surface area contributed by atoms with E-state index in [9.17, 15) is 14.6 Å². The van der Waals surface area contributed by atoms with E-state index in [0.29, 0.717) is 0 Å². The number of hydrogen-bond donors (Lipinski definition) is 4. The van der Waals surface area contributed by atoms with Crippen LogP contribution in [-0.4, -0.2) is 59.7 Å². The Balaban J connectivity index is 2.66. The molecular formula is C7H14FNO4. The van der Waals surface area contributed by atoms with Crippen LogP contribution in [0.25, 0.3) is 0 Å². The van der Waals surface area contributed by atoms with Crippen molar-refractivity contribution in [2.24, 2.45) is 0 Å². The predicted octanol–water partition coefficient (Wildman–Crippen LogP) is -2.02. The van der Waals surface area contributed by atoms with E-state index in [1.807, 2.05) is 0 Å². The first-order valence-electron chi connectivity index (χ1n) is 4.05. The molecule has 0 saturated carbocycles. The number of aliphatic hydroxyl groups excluding tert-OH is 3. The molecule has 6 heteroatoms. The van der Waals surface area contributed by atoms with Gasteiger partial charge in [-0.25, -0.2) is 4.39 Å². The van der Waals surface area contributed by atoms with Crippen molar-refractivity contribution < 1.29 is 24.4 Å². The summed E-state index contributed by atoms with van der Waals surface area (Å²) in [5.74, 6) is 0. The van der Waals surface area contributed by atoms with Gasteiger partial charge in [0.15, 0.2) is 6.17 Å². The fourth-order valence-corrected chi connectivity index (χ4v) is 1.31. The minimum absolute atomic E-state index is 0.525. The topological polar surface area (TPSA) is 82.0 Å². The molecule has 1 aliphatic heterocycles. The first-order valence-corrected chi connectivity index (χ1v) is 4.05. The maximum atomic E-state index is 13.1. The van der Waals surface area contributed by atoms with Crippen molar-refractivity contribution in [3.8, 4) is 0 Å². The number of rotatable bonds is 2. The van der Waals surface area contributed by atoms with Gasteiger partial charge in [-0.2, -0.15) is 0 Å². The van der Waals surface area contributed by atoms with E-state index in [1.54, 1.807) is 0 Å². The van der Waals surface area contributed by atoms with Crippen molar-refractivity contribution in [2.45, 2.75) is 30.7 Å². The third kappa shape index (κ3) is 1.97. The number of alkyl halides is 1. The summed E-state index contributed by atoms with van der Waals surface area (Å²) in [5, 5.41) is 29.7. The van der Waals surface area contributed by atoms with Crippen molar-refractivity contribution in [1.29, 1.82) is 0 Å². The maximum Gasteiger partial charge on any atom is 0.157 e. The highest BCUT2D eigenvalue weighted by molar-refractivity contribution is 4.90. The fourth-order valence-electron chi connectivity index (χ4n) is 1.31. The van der Waals surface area contributed by atoms with E-state index in [4.69, 9.17) is 9.84 Å². The summed E-state index contributed by atoms with van der Waals surface area (Å²) < 4.78 is 18.0. The van der Waals surface area contributed by atoms with Gasteiger partial charge in [-0.1, -0.05) is 0 Å². The molecule has 13 heavy (non-hydrogen) atoms. The summed E-state index contributed by atoms with van der Waals surface area (Å²) in [6.45, 7) is -0.525. The zero-order valence-corrected chi connectivity index (χ0v) is 7.22. The van der Waals surface area contributed by atoms with Gasteiger partial charge in [0.25, 0.3) is 0 Å². The highest BCUT2D eigenvalue weighted by Crippen LogP contribution is 2.21. The molecule has 0 aromatic heterocycles. The average Bonchev–Trinajstić information content (AvgIpc) is 2.15. The van der Waals surface area contributed by atoms with Crippen LogP contribution in [0.1, 0.15) is 0 Å². The molecular weight excluding hydrogens is 181 g/mol. The average molecular weight is 195 g/mol. The Kier molecular flexibility index (Phi) is 3.57. The molecule has 1 rings (SSSR count). The van der Waals surface area contributed by atoms with Gasteiger partial charge in [0.1, 0.15) is 24.5 Å². The molecule has 0 aliphatic carbocycles. The zero-order valence-electron chi connectivity index (χ0n) is 7.22. The van der Waals surface area contributed by atoms with Crippen LogP contribution < -0.4 is 5.32 Å². The largest absolute Gasteiger partial charge is 0.394 e. The highest BCUT2D eigenvalue weighted by atomic mass is 19.1. The van der Waals surface area contributed by atoms with Crippen LogP contribution >= 0.6 is 0 Å². The Labute approximate surface area is 75.1 Å². The Morgan fingerprint density at radius 3 is 2.46 bits per heavy atom. The summed E-state index contributed by atoms with van der Waals surface area (Å²) in [4.78, 5) is 0. The van der Waals surface area contributed by atoms with E-state index < -0.39 is 37.3 Å². The number of halogens is 1. The number of aliphatic hydroxyl groups is 3. The van der Waals surface area contributed by atoms with Gasteiger partial charge in [0.05, 0.1) is 6.61 Å². The molecule has 0 bridgehead atoms.